The van der Waals surface area contributed by atoms with Crippen LogP contribution in [0.4, 0.5) is 0 Å². The summed E-state index contributed by atoms with van der Waals surface area (Å²) in [6, 6.07) is 7.38. The van der Waals surface area contributed by atoms with Gasteiger partial charge in [-0.25, -0.2) is 4.68 Å². The van der Waals surface area contributed by atoms with Gasteiger partial charge < -0.3 is 0 Å². The highest BCUT2D eigenvalue weighted by molar-refractivity contribution is 6.30. The van der Waals surface area contributed by atoms with E-state index in [9.17, 15) is 4.79 Å². The number of Topliss-reactive ketones (excluding diaryl/α,β-unsaturated/α-hetero) is 1. The van der Waals surface area contributed by atoms with Gasteiger partial charge in [0.25, 0.3) is 0 Å². The second-order valence-electron chi connectivity index (χ2n) is 5.61. The Morgan fingerprint density at radius 3 is 2.32 bits per heavy atom. The van der Waals surface area contributed by atoms with Crippen molar-refractivity contribution in [2.75, 3.05) is 0 Å². The average Bonchev–Trinajstić information content (AvgIpc) is 2.70. The first-order valence-corrected chi connectivity index (χ1v) is 6.54. The van der Waals surface area contributed by atoms with E-state index in [2.05, 4.69) is 5.10 Å². The van der Waals surface area contributed by atoms with Crippen LogP contribution in [-0.4, -0.2) is 15.6 Å². The molecule has 0 atom stereocenters. The highest BCUT2D eigenvalue weighted by atomic mass is 35.5. The molecule has 1 aromatic heterocycles. The minimum absolute atomic E-state index is 0.102. The Morgan fingerprint density at radius 2 is 1.79 bits per heavy atom. The average molecular weight is 277 g/mol. The van der Waals surface area contributed by atoms with Gasteiger partial charge in [-0.3, -0.25) is 4.79 Å². The van der Waals surface area contributed by atoms with Crippen molar-refractivity contribution < 1.29 is 4.79 Å². The Bertz CT molecular complexity index is 606. The lowest BCUT2D eigenvalue weighted by molar-refractivity contribution is 0.0857. The molecule has 1 heterocycles. The Hall–Kier alpha value is -1.61. The first-order valence-electron chi connectivity index (χ1n) is 6.16. The molecule has 0 aliphatic heterocycles. The highest BCUT2D eigenvalue weighted by Crippen LogP contribution is 2.24. The van der Waals surface area contributed by atoms with Crippen LogP contribution in [0.5, 0.6) is 0 Å². The predicted octanol–water partition coefficient (Wildman–Crippen LogP) is 4.06. The molecular weight excluding hydrogens is 260 g/mol. The Morgan fingerprint density at radius 1 is 1.21 bits per heavy atom. The molecule has 0 saturated carbocycles. The zero-order valence-corrected chi connectivity index (χ0v) is 12.3. The number of carbonyl (C=O) groups is 1. The molecule has 0 bridgehead atoms. The van der Waals surface area contributed by atoms with Crippen LogP contribution < -0.4 is 0 Å². The normalized spacial score (nSPS) is 11.6. The van der Waals surface area contributed by atoms with Crippen molar-refractivity contribution in [3.05, 3.63) is 46.7 Å². The molecule has 2 rings (SSSR count). The maximum absolute atomic E-state index is 12.3. The summed E-state index contributed by atoms with van der Waals surface area (Å²) in [5.41, 5.74) is 2.01. The summed E-state index contributed by atoms with van der Waals surface area (Å²) in [6.07, 6.45) is 1.64. The Kier molecular flexibility index (Phi) is 3.50. The van der Waals surface area contributed by atoms with Crippen LogP contribution in [0.1, 0.15) is 36.8 Å². The van der Waals surface area contributed by atoms with E-state index >= 15 is 0 Å². The molecule has 0 spiro atoms. The van der Waals surface area contributed by atoms with Crippen molar-refractivity contribution in [2.24, 2.45) is 5.41 Å². The van der Waals surface area contributed by atoms with Gasteiger partial charge in [-0.2, -0.15) is 5.10 Å². The molecule has 4 heteroatoms. The lowest BCUT2D eigenvalue weighted by Crippen LogP contribution is -2.20. The van der Waals surface area contributed by atoms with Crippen LogP contribution in [0.2, 0.25) is 5.02 Å². The van der Waals surface area contributed by atoms with Crippen LogP contribution in [-0.2, 0) is 0 Å². The van der Waals surface area contributed by atoms with Crippen LogP contribution >= 0.6 is 11.6 Å². The standard InChI is InChI=1S/C15H17ClN2O/c1-10-13(14(19)15(2,3)4)9-17-18(10)12-7-5-11(16)6-8-12/h5-9H,1-4H3. The second-order valence-corrected chi connectivity index (χ2v) is 6.05. The molecule has 1 aromatic carbocycles. The zero-order valence-electron chi connectivity index (χ0n) is 11.6. The summed E-state index contributed by atoms with van der Waals surface area (Å²) in [5, 5.41) is 4.98. The van der Waals surface area contributed by atoms with Crippen molar-refractivity contribution in [1.82, 2.24) is 9.78 Å². The third-order valence-electron chi connectivity index (χ3n) is 3.01. The number of hydrogen-bond donors (Lipinski definition) is 0. The summed E-state index contributed by atoms with van der Waals surface area (Å²) in [5.74, 6) is 0.102. The molecule has 19 heavy (non-hydrogen) atoms. The highest BCUT2D eigenvalue weighted by Gasteiger charge is 2.26. The molecular formula is C15H17ClN2O. The first-order chi connectivity index (χ1) is 8.80. The largest absolute Gasteiger partial charge is 0.293 e. The van der Waals surface area contributed by atoms with Crippen LogP contribution in [0.3, 0.4) is 0 Å². The SMILES string of the molecule is Cc1c(C(=O)C(C)(C)C)cnn1-c1ccc(Cl)cc1. The molecule has 0 fully saturated rings. The monoisotopic (exact) mass is 276 g/mol. The van der Waals surface area contributed by atoms with Gasteiger partial charge >= 0.3 is 0 Å². The lowest BCUT2D eigenvalue weighted by Gasteiger charge is -2.16. The van der Waals surface area contributed by atoms with Gasteiger partial charge in [0.2, 0.25) is 0 Å². The van der Waals surface area contributed by atoms with E-state index in [0.29, 0.717) is 10.6 Å². The quantitative estimate of drug-likeness (QED) is 0.775. The van der Waals surface area contributed by atoms with E-state index in [1.165, 1.54) is 0 Å². The predicted molar refractivity (Wildman–Crippen MR) is 77.1 cm³/mol. The summed E-state index contributed by atoms with van der Waals surface area (Å²) >= 11 is 5.87. The van der Waals surface area contributed by atoms with Crippen molar-refractivity contribution >= 4 is 17.4 Å². The third kappa shape index (κ3) is 2.71. The van der Waals surface area contributed by atoms with Gasteiger partial charge in [0.15, 0.2) is 5.78 Å². The minimum Gasteiger partial charge on any atom is -0.293 e. The first kappa shape index (κ1) is 13.8. The van der Waals surface area contributed by atoms with Gasteiger partial charge in [-0.1, -0.05) is 32.4 Å². The maximum Gasteiger partial charge on any atom is 0.171 e. The molecule has 100 valence electrons. The fraction of sp³-hybridized carbons (Fsp3) is 0.333. The second kappa shape index (κ2) is 4.82. The van der Waals surface area contributed by atoms with Gasteiger partial charge in [-0.15, -0.1) is 0 Å². The molecule has 0 amide bonds. The number of ketones is 1. The van der Waals surface area contributed by atoms with E-state index in [1.807, 2.05) is 52.0 Å². The van der Waals surface area contributed by atoms with Gasteiger partial charge in [-0.05, 0) is 31.2 Å². The van der Waals surface area contributed by atoms with Crippen LogP contribution in [0.25, 0.3) is 5.69 Å². The minimum atomic E-state index is -0.404. The fourth-order valence-electron chi connectivity index (χ4n) is 1.88. The van der Waals surface area contributed by atoms with Crippen molar-refractivity contribution in [3.8, 4) is 5.69 Å². The van der Waals surface area contributed by atoms with E-state index in [-0.39, 0.29) is 5.78 Å². The third-order valence-corrected chi connectivity index (χ3v) is 3.26. The lowest BCUT2D eigenvalue weighted by atomic mass is 9.87. The summed E-state index contributed by atoms with van der Waals surface area (Å²) in [6.45, 7) is 7.64. The molecule has 0 aliphatic rings. The molecule has 0 aliphatic carbocycles. The van der Waals surface area contributed by atoms with Crippen LogP contribution in [0, 0.1) is 12.3 Å². The number of halogens is 1. The van der Waals surface area contributed by atoms with Gasteiger partial charge in [0.05, 0.1) is 23.1 Å². The fourth-order valence-corrected chi connectivity index (χ4v) is 2.01. The molecule has 0 N–H and O–H groups in total. The number of aromatic nitrogens is 2. The number of carbonyl (C=O) groups excluding carboxylic acids is 1. The molecule has 0 radical (unpaired) electrons. The molecule has 2 aromatic rings. The number of rotatable bonds is 2. The number of hydrogen-bond acceptors (Lipinski definition) is 2. The van der Waals surface area contributed by atoms with Crippen molar-refractivity contribution in [2.45, 2.75) is 27.7 Å². The Balaban J connectivity index is 2.44. The van der Waals surface area contributed by atoms with E-state index in [0.717, 1.165) is 11.4 Å². The van der Waals surface area contributed by atoms with Crippen LogP contribution in [0.15, 0.2) is 30.5 Å². The maximum atomic E-state index is 12.3. The Labute approximate surface area is 118 Å². The molecule has 0 saturated heterocycles. The zero-order chi connectivity index (χ0) is 14.2. The van der Waals surface area contributed by atoms with E-state index in [4.69, 9.17) is 11.6 Å². The van der Waals surface area contributed by atoms with Crippen molar-refractivity contribution in [1.29, 1.82) is 0 Å². The van der Waals surface area contributed by atoms with E-state index in [1.54, 1.807) is 10.9 Å². The number of nitrogens with zero attached hydrogens (tertiary/aromatic N) is 2. The smallest absolute Gasteiger partial charge is 0.171 e. The number of benzene rings is 1. The summed E-state index contributed by atoms with van der Waals surface area (Å²) in [7, 11) is 0. The van der Waals surface area contributed by atoms with Gasteiger partial charge in [0, 0.05) is 10.4 Å². The summed E-state index contributed by atoms with van der Waals surface area (Å²) in [4.78, 5) is 12.3. The van der Waals surface area contributed by atoms with E-state index < -0.39 is 5.41 Å². The molecule has 3 nitrogen and oxygen atoms in total. The van der Waals surface area contributed by atoms with Crippen molar-refractivity contribution in [3.63, 3.8) is 0 Å². The summed E-state index contributed by atoms with van der Waals surface area (Å²) < 4.78 is 1.76. The topological polar surface area (TPSA) is 34.9 Å². The van der Waals surface area contributed by atoms with Gasteiger partial charge in [0.1, 0.15) is 0 Å². The molecule has 0 unspecified atom stereocenters.